The number of piperidine rings is 1. The smallest absolute Gasteiger partial charge is 0.0104 e. The van der Waals surface area contributed by atoms with Crippen LogP contribution >= 0.6 is 0 Å². The van der Waals surface area contributed by atoms with Crippen molar-refractivity contribution in [3.05, 3.63) is 0 Å². The lowest BCUT2D eigenvalue weighted by Crippen LogP contribution is -2.42. The van der Waals surface area contributed by atoms with Crippen molar-refractivity contribution in [2.75, 3.05) is 7.05 Å². The summed E-state index contributed by atoms with van der Waals surface area (Å²) in [7, 11) is 2.28. The molecular formula is C10H19N. The molecule has 0 aromatic heterocycles. The number of likely N-dealkylation sites (tertiary alicyclic amines) is 1. The molecule has 2 bridgehead atoms. The fourth-order valence-electron chi connectivity index (χ4n) is 3.23. The molecule has 1 saturated carbocycles. The van der Waals surface area contributed by atoms with Crippen LogP contribution in [0.3, 0.4) is 0 Å². The molecule has 1 nitrogen and oxygen atoms in total. The third kappa shape index (κ3) is 0.868. The molecule has 2 aliphatic rings. The van der Waals surface area contributed by atoms with Gasteiger partial charge < -0.3 is 4.90 Å². The van der Waals surface area contributed by atoms with Crippen LogP contribution in [0.2, 0.25) is 0 Å². The SMILES string of the molecule is CC1C2CC(CC2(C)C)N1C. The van der Waals surface area contributed by atoms with Gasteiger partial charge in [-0.1, -0.05) is 13.8 Å². The van der Waals surface area contributed by atoms with E-state index in [9.17, 15) is 0 Å². The van der Waals surface area contributed by atoms with Crippen LogP contribution in [0.25, 0.3) is 0 Å². The van der Waals surface area contributed by atoms with E-state index in [-0.39, 0.29) is 0 Å². The van der Waals surface area contributed by atoms with E-state index in [2.05, 4.69) is 32.7 Å². The monoisotopic (exact) mass is 153 g/mol. The molecule has 1 heterocycles. The Morgan fingerprint density at radius 2 is 2.00 bits per heavy atom. The number of hydrogen-bond donors (Lipinski definition) is 0. The highest BCUT2D eigenvalue weighted by Gasteiger charge is 2.51. The zero-order chi connectivity index (χ0) is 8.22. The van der Waals surface area contributed by atoms with Crippen molar-refractivity contribution in [3.8, 4) is 0 Å². The van der Waals surface area contributed by atoms with Gasteiger partial charge in [-0.2, -0.15) is 0 Å². The highest BCUT2D eigenvalue weighted by atomic mass is 15.2. The van der Waals surface area contributed by atoms with Crippen LogP contribution in [-0.2, 0) is 0 Å². The molecule has 0 N–H and O–H groups in total. The molecule has 0 amide bonds. The highest BCUT2D eigenvalue weighted by Crippen LogP contribution is 2.52. The van der Waals surface area contributed by atoms with Crippen LogP contribution in [0.15, 0.2) is 0 Å². The van der Waals surface area contributed by atoms with Crippen molar-refractivity contribution in [2.45, 2.75) is 45.7 Å². The highest BCUT2D eigenvalue weighted by molar-refractivity contribution is 5.04. The summed E-state index contributed by atoms with van der Waals surface area (Å²) in [5, 5.41) is 0. The Hall–Kier alpha value is -0.0400. The van der Waals surface area contributed by atoms with Crippen LogP contribution in [0.4, 0.5) is 0 Å². The molecule has 11 heavy (non-hydrogen) atoms. The van der Waals surface area contributed by atoms with Gasteiger partial charge in [-0.05, 0) is 38.1 Å². The summed E-state index contributed by atoms with van der Waals surface area (Å²) in [4.78, 5) is 2.57. The third-order valence-electron chi connectivity index (χ3n) is 4.09. The van der Waals surface area contributed by atoms with Crippen LogP contribution in [-0.4, -0.2) is 24.0 Å². The van der Waals surface area contributed by atoms with Gasteiger partial charge in [0, 0.05) is 12.1 Å². The van der Waals surface area contributed by atoms with Crippen molar-refractivity contribution >= 4 is 0 Å². The molecule has 0 aromatic carbocycles. The molecule has 1 aliphatic heterocycles. The Labute approximate surface area is 69.8 Å². The largest absolute Gasteiger partial charge is 0.300 e. The first kappa shape index (κ1) is 7.60. The zero-order valence-corrected chi connectivity index (χ0v) is 8.09. The summed E-state index contributed by atoms with van der Waals surface area (Å²) in [5.41, 5.74) is 0.622. The van der Waals surface area contributed by atoms with Crippen molar-refractivity contribution < 1.29 is 0 Å². The summed E-state index contributed by atoms with van der Waals surface area (Å²) >= 11 is 0. The van der Waals surface area contributed by atoms with Gasteiger partial charge in [0.05, 0.1) is 0 Å². The van der Waals surface area contributed by atoms with E-state index < -0.39 is 0 Å². The Balaban J connectivity index is 2.23. The van der Waals surface area contributed by atoms with Crippen LogP contribution in [0, 0.1) is 11.3 Å². The Morgan fingerprint density at radius 3 is 2.36 bits per heavy atom. The summed E-state index contributed by atoms with van der Waals surface area (Å²) in [6.07, 6.45) is 2.86. The first-order chi connectivity index (χ1) is 5.02. The summed E-state index contributed by atoms with van der Waals surface area (Å²) in [5.74, 6) is 0.956. The average Bonchev–Trinajstić information content (AvgIpc) is 2.31. The van der Waals surface area contributed by atoms with Crippen LogP contribution in [0.5, 0.6) is 0 Å². The minimum Gasteiger partial charge on any atom is -0.300 e. The quantitative estimate of drug-likeness (QED) is 0.515. The van der Waals surface area contributed by atoms with Gasteiger partial charge in [0.1, 0.15) is 0 Å². The fraction of sp³-hybridized carbons (Fsp3) is 1.00. The van der Waals surface area contributed by atoms with Gasteiger partial charge in [0.15, 0.2) is 0 Å². The van der Waals surface area contributed by atoms with Gasteiger partial charge in [0.2, 0.25) is 0 Å². The number of hydrogen-bond acceptors (Lipinski definition) is 1. The molecule has 2 fully saturated rings. The molecule has 0 aromatic rings. The minimum absolute atomic E-state index is 0.622. The van der Waals surface area contributed by atoms with Crippen molar-refractivity contribution in [1.29, 1.82) is 0 Å². The summed E-state index contributed by atoms with van der Waals surface area (Å²) < 4.78 is 0. The molecule has 0 radical (unpaired) electrons. The lowest BCUT2D eigenvalue weighted by Gasteiger charge is -2.39. The van der Waals surface area contributed by atoms with Gasteiger partial charge >= 0.3 is 0 Å². The molecule has 1 heteroatoms. The molecule has 0 spiro atoms. The van der Waals surface area contributed by atoms with Gasteiger partial charge in [0.25, 0.3) is 0 Å². The molecular weight excluding hydrogens is 134 g/mol. The molecule has 1 saturated heterocycles. The average molecular weight is 153 g/mol. The van der Waals surface area contributed by atoms with Gasteiger partial charge in [-0.3, -0.25) is 0 Å². The van der Waals surface area contributed by atoms with E-state index in [1.807, 2.05) is 0 Å². The maximum atomic E-state index is 2.57. The Bertz CT molecular complexity index is 172. The number of rotatable bonds is 0. The standard InChI is InChI=1S/C10H19N/c1-7-9-5-8(11(7)4)6-10(9,2)3/h7-9H,5-6H2,1-4H3. The topological polar surface area (TPSA) is 3.24 Å². The fourth-order valence-corrected chi connectivity index (χ4v) is 3.23. The van der Waals surface area contributed by atoms with Crippen molar-refractivity contribution in [1.82, 2.24) is 4.90 Å². The van der Waals surface area contributed by atoms with E-state index in [4.69, 9.17) is 0 Å². The molecule has 2 rings (SSSR count). The summed E-state index contributed by atoms with van der Waals surface area (Å²) in [6, 6.07) is 1.72. The van der Waals surface area contributed by atoms with Gasteiger partial charge in [-0.25, -0.2) is 0 Å². The summed E-state index contributed by atoms with van der Waals surface area (Å²) in [6.45, 7) is 7.24. The number of fused-ring (bicyclic) bond motifs is 2. The van der Waals surface area contributed by atoms with Crippen LogP contribution in [0.1, 0.15) is 33.6 Å². The van der Waals surface area contributed by atoms with E-state index in [0.717, 1.165) is 18.0 Å². The van der Waals surface area contributed by atoms with E-state index >= 15 is 0 Å². The number of nitrogens with zero attached hydrogens (tertiary/aromatic N) is 1. The maximum Gasteiger partial charge on any atom is 0.0104 e. The second-order valence-electron chi connectivity index (χ2n) is 5.09. The molecule has 64 valence electrons. The second kappa shape index (κ2) is 2.01. The lowest BCUT2D eigenvalue weighted by molar-refractivity contribution is 0.0917. The third-order valence-corrected chi connectivity index (χ3v) is 4.09. The van der Waals surface area contributed by atoms with E-state index in [0.29, 0.717) is 5.41 Å². The van der Waals surface area contributed by atoms with Crippen LogP contribution < -0.4 is 0 Å². The van der Waals surface area contributed by atoms with Crippen molar-refractivity contribution in [3.63, 3.8) is 0 Å². The first-order valence-corrected chi connectivity index (χ1v) is 4.74. The Kier molecular flexibility index (Phi) is 1.39. The van der Waals surface area contributed by atoms with Gasteiger partial charge in [-0.15, -0.1) is 0 Å². The van der Waals surface area contributed by atoms with E-state index in [1.165, 1.54) is 12.8 Å². The molecule has 1 aliphatic carbocycles. The molecule has 3 atom stereocenters. The normalized spacial score (nSPS) is 48.5. The Morgan fingerprint density at radius 1 is 1.36 bits per heavy atom. The predicted octanol–water partition coefficient (Wildman–Crippen LogP) is 2.13. The minimum atomic E-state index is 0.622. The zero-order valence-electron chi connectivity index (χ0n) is 8.09. The van der Waals surface area contributed by atoms with Crippen molar-refractivity contribution in [2.24, 2.45) is 11.3 Å². The predicted molar refractivity (Wildman–Crippen MR) is 47.5 cm³/mol. The maximum absolute atomic E-state index is 2.57. The van der Waals surface area contributed by atoms with E-state index in [1.54, 1.807) is 0 Å². The second-order valence-corrected chi connectivity index (χ2v) is 5.09. The lowest BCUT2D eigenvalue weighted by atomic mass is 9.77. The first-order valence-electron chi connectivity index (χ1n) is 4.74. The molecule has 3 unspecified atom stereocenters.